The van der Waals surface area contributed by atoms with E-state index in [2.05, 4.69) is 24.4 Å². The first-order valence-electron chi connectivity index (χ1n) is 22.8. The number of unbranched alkanes of at least 4 members (excludes halogenated alkanes) is 19. The van der Waals surface area contributed by atoms with Gasteiger partial charge in [0, 0.05) is 12.8 Å². The summed E-state index contributed by atoms with van der Waals surface area (Å²) in [5.41, 5.74) is 5.33. The molecule has 0 rings (SSSR count). The van der Waals surface area contributed by atoms with Gasteiger partial charge in [-0.05, 0) is 38.5 Å². The van der Waals surface area contributed by atoms with Crippen molar-refractivity contribution < 1.29 is 52.6 Å². The predicted octanol–water partition coefficient (Wildman–Crippen LogP) is 11.1. The molecule has 0 spiro atoms. The molecule has 0 aliphatic carbocycles. The lowest BCUT2D eigenvalue weighted by molar-refractivity contribution is -0.161. The minimum absolute atomic E-state index is 0.0657. The fourth-order valence-corrected chi connectivity index (χ4v) is 6.83. The monoisotopic (exact) mass is 856 g/mol. The predicted molar refractivity (Wildman–Crippen MR) is 237 cm³/mol. The van der Waals surface area contributed by atoms with E-state index >= 15 is 0 Å². The Morgan fingerprint density at radius 1 is 0.610 bits per heavy atom. The van der Waals surface area contributed by atoms with E-state index in [0.29, 0.717) is 19.3 Å². The Morgan fingerprint density at radius 3 is 1.68 bits per heavy atom. The molecule has 1 unspecified atom stereocenters. The van der Waals surface area contributed by atoms with Crippen LogP contribution in [0, 0.1) is 0 Å². The number of carboxylic acids is 1. The van der Waals surface area contributed by atoms with Crippen LogP contribution in [0.3, 0.4) is 0 Å². The van der Waals surface area contributed by atoms with E-state index in [4.69, 9.17) is 24.8 Å². The third-order valence-electron chi connectivity index (χ3n) is 9.68. The maximum absolute atomic E-state index is 12.6. The van der Waals surface area contributed by atoms with Gasteiger partial charge in [0.2, 0.25) is 0 Å². The van der Waals surface area contributed by atoms with E-state index in [1.807, 2.05) is 42.5 Å². The number of aliphatic hydroxyl groups is 1. The van der Waals surface area contributed by atoms with Crippen molar-refractivity contribution in [3.05, 3.63) is 48.6 Å². The molecule has 0 aromatic carbocycles. The largest absolute Gasteiger partial charge is 0.480 e. The summed E-state index contributed by atoms with van der Waals surface area (Å²) in [7, 11) is -4.74. The zero-order valence-electron chi connectivity index (χ0n) is 36.7. The number of hydrogen-bond acceptors (Lipinski definition) is 10. The normalized spacial score (nSPS) is 14.7. The number of ether oxygens (including phenoxy) is 2. The molecule has 0 aliphatic heterocycles. The molecule has 0 amide bonds. The number of hydrogen-bond donors (Lipinski definition) is 4. The van der Waals surface area contributed by atoms with Gasteiger partial charge in [-0.25, -0.2) is 4.57 Å². The Hall–Kier alpha value is -2.60. The van der Waals surface area contributed by atoms with Gasteiger partial charge in [-0.1, -0.05) is 184 Å². The zero-order valence-corrected chi connectivity index (χ0v) is 37.6. The first kappa shape index (κ1) is 56.4. The van der Waals surface area contributed by atoms with Crippen molar-refractivity contribution in [3.8, 4) is 0 Å². The zero-order chi connectivity index (χ0) is 43.7. The maximum atomic E-state index is 12.6. The second kappa shape index (κ2) is 40.8. The van der Waals surface area contributed by atoms with Crippen LogP contribution in [0.2, 0.25) is 0 Å². The number of phosphoric acid groups is 1. The number of allylic oxidation sites excluding steroid dienone is 7. The van der Waals surface area contributed by atoms with Crippen molar-refractivity contribution in [3.63, 3.8) is 0 Å². The standard InChI is InChI=1S/C46H82NO11P/c1-3-5-7-8-9-10-11-12-13-14-15-16-19-22-25-28-32-36-44(49)55-38-42(39-56-59(53,54)57-40-43(47)46(51)52)58-45(50)37-33-29-26-23-20-17-18-21-24-27-31-35-41(48)34-30-6-4-2/h17-18,23-24,26-27,31,35,41-43,48H,3-16,19-22,25,28-30,32-34,36-40,47H2,1-2H3,(H,51,52)(H,53,54)/b18-17-,26-23-,27-24-,35-31+/t41-,42+,43-/m0/s1. The molecule has 0 heterocycles. The van der Waals surface area contributed by atoms with Gasteiger partial charge in [-0.15, -0.1) is 0 Å². The van der Waals surface area contributed by atoms with Crippen LogP contribution in [0.1, 0.15) is 187 Å². The Morgan fingerprint density at radius 2 is 1.10 bits per heavy atom. The Balaban J connectivity index is 4.45. The van der Waals surface area contributed by atoms with Crippen LogP contribution in [0.25, 0.3) is 0 Å². The lowest BCUT2D eigenvalue weighted by atomic mass is 10.0. The Kier molecular flexibility index (Phi) is 39.0. The molecular formula is C46H82NO11P. The molecular weight excluding hydrogens is 773 g/mol. The summed E-state index contributed by atoms with van der Waals surface area (Å²) in [5.74, 6) is -2.48. The van der Waals surface area contributed by atoms with Gasteiger partial charge in [0.15, 0.2) is 6.10 Å². The van der Waals surface area contributed by atoms with Crippen LogP contribution in [-0.4, -0.2) is 71.1 Å². The van der Waals surface area contributed by atoms with Crippen molar-refractivity contribution in [2.75, 3.05) is 19.8 Å². The number of carbonyl (C=O) groups excluding carboxylic acids is 2. The van der Waals surface area contributed by atoms with Crippen molar-refractivity contribution in [2.24, 2.45) is 5.73 Å². The molecule has 0 aromatic heterocycles. The average Bonchev–Trinajstić information content (AvgIpc) is 3.20. The highest BCUT2D eigenvalue weighted by Crippen LogP contribution is 2.43. The summed E-state index contributed by atoms with van der Waals surface area (Å²) in [6, 6.07) is -1.54. The molecule has 0 aromatic rings. The smallest absolute Gasteiger partial charge is 0.472 e. The SMILES string of the molecule is CCCCCCCCCCCCCCCCCCCC(=O)OC[C@H](COP(=O)(O)OC[C@H](N)C(=O)O)OC(=O)CCC/C=C\C/C=C\C/C=C\C=C\[C@@H](O)CCCCC. The highest BCUT2D eigenvalue weighted by Gasteiger charge is 2.28. The fourth-order valence-electron chi connectivity index (χ4n) is 6.05. The molecule has 0 fully saturated rings. The number of rotatable bonds is 42. The van der Waals surface area contributed by atoms with Gasteiger partial charge in [0.05, 0.1) is 19.3 Å². The van der Waals surface area contributed by atoms with E-state index < -0.39 is 57.2 Å². The molecule has 0 saturated heterocycles. The minimum atomic E-state index is -4.74. The molecule has 13 heteroatoms. The van der Waals surface area contributed by atoms with E-state index in [1.54, 1.807) is 0 Å². The molecule has 5 N–H and O–H groups in total. The highest BCUT2D eigenvalue weighted by molar-refractivity contribution is 7.47. The van der Waals surface area contributed by atoms with Crippen LogP contribution in [0.4, 0.5) is 0 Å². The van der Waals surface area contributed by atoms with Gasteiger partial charge in [-0.3, -0.25) is 23.4 Å². The fraction of sp³-hybridized carbons (Fsp3) is 0.761. The van der Waals surface area contributed by atoms with E-state index in [9.17, 15) is 28.9 Å². The molecule has 0 bridgehead atoms. The second-order valence-corrected chi connectivity index (χ2v) is 16.8. The van der Waals surface area contributed by atoms with Gasteiger partial charge < -0.3 is 30.3 Å². The number of aliphatic hydroxyl groups excluding tert-OH is 1. The number of aliphatic carboxylic acids is 1. The molecule has 342 valence electrons. The van der Waals surface area contributed by atoms with Crippen LogP contribution >= 0.6 is 7.82 Å². The summed E-state index contributed by atoms with van der Waals surface area (Å²) in [4.78, 5) is 46.0. The summed E-state index contributed by atoms with van der Waals surface area (Å²) in [6.07, 6.45) is 42.2. The number of carboxylic acid groups (broad SMARTS) is 1. The van der Waals surface area contributed by atoms with Crippen LogP contribution < -0.4 is 5.73 Å². The first-order chi connectivity index (χ1) is 28.5. The maximum Gasteiger partial charge on any atom is 0.472 e. The average molecular weight is 856 g/mol. The lowest BCUT2D eigenvalue weighted by Gasteiger charge is -2.20. The van der Waals surface area contributed by atoms with Crippen LogP contribution in [0.15, 0.2) is 48.6 Å². The topological polar surface area (TPSA) is 192 Å². The highest BCUT2D eigenvalue weighted by atomic mass is 31.2. The molecule has 12 nitrogen and oxygen atoms in total. The van der Waals surface area contributed by atoms with Gasteiger partial charge >= 0.3 is 25.7 Å². The van der Waals surface area contributed by atoms with E-state index in [-0.39, 0.29) is 19.4 Å². The summed E-state index contributed by atoms with van der Waals surface area (Å²) < 4.78 is 32.6. The molecule has 59 heavy (non-hydrogen) atoms. The number of phosphoric ester groups is 1. The van der Waals surface area contributed by atoms with Gasteiger partial charge in [-0.2, -0.15) is 0 Å². The first-order valence-corrected chi connectivity index (χ1v) is 24.3. The molecule has 0 saturated carbocycles. The molecule has 4 atom stereocenters. The van der Waals surface area contributed by atoms with Crippen LogP contribution in [-0.2, 0) is 37.5 Å². The molecule has 0 radical (unpaired) electrons. The van der Waals surface area contributed by atoms with Crippen molar-refractivity contribution >= 4 is 25.7 Å². The summed E-state index contributed by atoms with van der Waals surface area (Å²) in [6.45, 7) is 2.63. The number of carbonyl (C=O) groups is 3. The van der Waals surface area contributed by atoms with Gasteiger partial charge in [0.1, 0.15) is 12.6 Å². The van der Waals surface area contributed by atoms with Crippen molar-refractivity contribution in [1.82, 2.24) is 0 Å². The van der Waals surface area contributed by atoms with E-state index in [1.165, 1.54) is 83.5 Å². The van der Waals surface area contributed by atoms with Gasteiger partial charge in [0.25, 0.3) is 0 Å². The lowest BCUT2D eigenvalue weighted by Crippen LogP contribution is -2.34. The summed E-state index contributed by atoms with van der Waals surface area (Å²) >= 11 is 0. The van der Waals surface area contributed by atoms with Crippen molar-refractivity contribution in [2.45, 2.75) is 205 Å². The summed E-state index contributed by atoms with van der Waals surface area (Å²) in [5, 5.41) is 18.8. The quantitative estimate of drug-likeness (QED) is 0.0150. The van der Waals surface area contributed by atoms with E-state index in [0.717, 1.165) is 57.8 Å². The minimum Gasteiger partial charge on any atom is -0.480 e. The Bertz CT molecular complexity index is 1210. The van der Waals surface area contributed by atoms with Crippen molar-refractivity contribution in [1.29, 1.82) is 0 Å². The molecule has 0 aliphatic rings. The van der Waals surface area contributed by atoms with Crippen LogP contribution in [0.5, 0.6) is 0 Å². The number of nitrogens with two attached hydrogens (primary N) is 1. The Labute approximate surface area is 357 Å². The third kappa shape index (κ3) is 40.6. The number of esters is 2. The third-order valence-corrected chi connectivity index (χ3v) is 10.6. The second-order valence-electron chi connectivity index (χ2n) is 15.4.